The quantitative estimate of drug-likeness (QED) is 0.182. The summed E-state index contributed by atoms with van der Waals surface area (Å²) >= 11 is 3.06. The second-order valence-corrected chi connectivity index (χ2v) is 11.3. The minimum absolute atomic E-state index is 0.154. The highest BCUT2D eigenvalue weighted by Crippen LogP contribution is 2.34. The molecule has 0 unspecified atom stereocenters. The lowest BCUT2D eigenvalue weighted by atomic mass is 10.0. The largest absolute Gasteiger partial charge is 0.376 e. The number of benzene rings is 3. The number of rotatable bonds is 8. The molecule has 0 bridgehead atoms. The van der Waals surface area contributed by atoms with Gasteiger partial charge < -0.3 is 4.74 Å². The summed E-state index contributed by atoms with van der Waals surface area (Å²) in [6.07, 6.45) is 2.28. The van der Waals surface area contributed by atoms with Crippen molar-refractivity contribution in [3.8, 4) is 33.9 Å². The van der Waals surface area contributed by atoms with Gasteiger partial charge in [0.05, 0.1) is 23.9 Å². The molecule has 1 fully saturated rings. The highest BCUT2D eigenvalue weighted by Gasteiger charge is 2.23. The van der Waals surface area contributed by atoms with Crippen LogP contribution in [0.2, 0.25) is 0 Å². The van der Waals surface area contributed by atoms with Crippen molar-refractivity contribution in [2.45, 2.75) is 36.4 Å². The number of fused-ring (bicyclic) bond motifs is 1. The van der Waals surface area contributed by atoms with Gasteiger partial charge in [0, 0.05) is 39.8 Å². The maximum atomic E-state index is 6.06. The van der Waals surface area contributed by atoms with E-state index in [0.29, 0.717) is 0 Å². The van der Waals surface area contributed by atoms with E-state index in [1.54, 1.807) is 11.8 Å². The van der Waals surface area contributed by atoms with E-state index in [1.165, 1.54) is 17.1 Å². The molecule has 9 heteroatoms. The Labute approximate surface area is 240 Å². The fourth-order valence-corrected chi connectivity index (χ4v) is 6.45. The highest BCUT2D eigenvalue weighted by molar-refractivity contribution is 7.98. The third kappa shape index (κ3) is 5.15. The summed E-state index contributed by atoms with van der Waals surface area (Å²) in [4.78, 5) is 4.98. The zero-order chi connectivity index (χ0) is 26.7. The molecule has 0 amide bonds. The number of para-hydroxylation sites is 1. The first kappa shape index (κ1) is 25.1. The van der Waals surface area contributed by atoms with E-state index in [1.807, 2.05) is 29.6 Å². The van der Waals surface area contributed by atoms with E-state index in [-0.39, 0.29) is 6.10 Å². The van der Waals surface area contributed by atoms with Gasteiger partial charge in [0.25, 0.3) is 0 Å². The first-order valence-electron chi connectivity index (χ1n) is 13.3. The molecule has 0 spiro atoms. The van der Waals surface area contributed by atoms with E-state index < -0.39 is 0 Å². The number of aromatic nitrogens is 6. The Bertz CT molecular complexity index is 1730. The fourth-order valence-electron chi connectivity index (χ4n) is 5.08. The van der Waals surface area contributed by atoms with Crippen LogP contribution in [0, 0.1) is 0 Å². The van der Waals surface area contributed by atoms with Gasteiger partial charge in [-0.1, -0.05) is 89.0 Å². The van der Waals surface area contributed by atoms with Crippen LogP contribution in [0.5, 0.6) is 0 Å². The van der Waals surface area contributed by atoms with Crippen LogP contribution in [-0.4, -0.2) is 42.0 Å². The summed E-state index contributed by atoms with van der Waals surface area (Å²) in [5.74, 6) is 1.63. The predicted octanol–water partition coefficient (Wildman–Crippen LogP) is 7.15. The van der Waals surface area contributed by atoms with Gasteiger partial charge in [0.2, 0.25) is 0 Å². The zero-order valence-corrected chi connectivity index (χ0v) is 23.3. The van der Waals surface area contributed by atoms with Gasteiger partial charge >= 0.3 is 0 Å². The molecule has 1 aliphatic heterocycles. The Morgan fingerprint density at radius 1 is 0.875 bits per heavy atom. The van der Waals surface area contributed by atoms with Crippen LogP contribution in [0.3, 0.4) is 0 Å². The van der Waals surface area contributed by atoms with Crippen LogP contribution in [0.1, 0.15) is 18.4 Å². The molecule has 198 valence electrons. The number of pyridine rings is 1. The third-order valence-corrected chi connectivity index (χ3v) is 8.67. The van der Waals surface area contributed by atoms with Crippen molar-refractivity contribution in [3.63, 3.8) is 0 Å². The molecule has 0 radical (unpaired) electrons. The molecule has 4 heterocycles. The monoisotopic (exact) mass is 562 g/mol. The Morgan fingerprint density at radius 2 is 1.70 bits per heavy atom. The van der Waals surface area contributed by atoms with Gasteiger partial charge in [-0.25, -0.2) is 4.98 Å². The van der Waals surface area contributed by atoms with Crippen LogP contribution in [0.15, 0.2) is 95.5 Å². The first-order valence-corrected chi connectivity index (χ1v) is 15.1. The zero-order valence-electron chi connectivity index (χ0n) is 21.7. The number of nitrogens with zero attached hydrogens (tertiary/aromatic N) is 6. The standard InChI is InChI=1S/C31H26N6OS2/c1-2-7-22(8-3-1)28-17-26(25-10-4-5-11-27(25)32-28)30-34-35-31(37(30)18-24-9-6-16-38-24)39-19-21-12-14-23(15-13-21)29-20-40-36-33-29/h1-5,7-8,10-15,17,20,24H,6,9,16,18-19H2/t24-/m1/s1. The van der Waals surface area contributed by atoms with E-state index >= 15 is 0 Å². The van der Waals surface area contributed by atoms with Crippen LogP contribution < -0.4 is 0 Å². The Morgan fingerprint density at radius 3 is 2.50 bits per heavy atom. The van der Waals surface area contributed by atoms with Crippen LogP contribution in [0.25, 0.3) is 44.8 Å². The maximum Gasteiger partial charge on any atom is 0.191 e. The molecule has 7 rings (SSSR count). The second kappa shape index (κ2) is 11.3. The molecule has 7 nitrogen and oxygen atoms in total. The smallest absolute Gasteiger partial charge is 0.191 e. The molecule has 1 aliphatic rings. The lowest BCUT2D eigenvalue weighted by Crippen LogP contribution is -2.16. The second-order valence-electron chi connectivity index (χ2n) is 9.77. The molecular weight excluding hydrogens is 537 g/mol. The van der Waals surface area contributed by atoms with Crippen LogP contribution in [-0.2, 0) is 17.0 Å². The van der Waals surface area contributed by atoms with Crippen molar-refractivity contribution in [1.82, 2.24) is 29.3 Å². The maximum absolute atomic E-state index is 6.06. The summed E-state index contributed by atoms with van der Waals surface area (Å²) in [7, 11) is 0. The molecule has 1 saturated heterocycles. The summed E-state index contributed by atoms with van der Waals surface area (Å²) < 4.78 is 12.3. The predicted molar refractivity (Wildman–Crippen MR) is 160 cm³/mol. The molecule has 3 aromatic heterocycles. The van der Waals surface area contributed by atoms with Gasteiger partial charge in [-0.05, 0) is 42.1 Å². The normalized spacial score (nSPS) is 15.2. The van der Waals surface area contributed by atoms with E-state index in [4.69, 9.17) is 19.9 Å². The average molecular weight is 563 g/mol. The van der Waals surface area contributed by atoms with E-state index in [2.05, 4.69) is 74.8 Å². The Kier molecular flexibility index (Phi) is 7.08. The van der Waals surface area contributed by atoms with Gasteiger partial charge in [-0.15, -0.1) is 15.3 Å². The first-order chi connectivity index (χ1) is 19.8. The summed E-state index contributed by atoms with van der Waals surface area (Å²) in [6.45, 7) is 1.53. The van der Waals surface area contributed by atoms with Crippen molar-refractivity contribution < 1.29 is 4.74 Å². The Balaban J connectivity index is 1.25. The van der Waals surface area contributed by atoms with Gasteiger partial charge in [0.1, 0.15) is 5.69 Å². The van der Waals surface area contributed by atoms with Crippen molar-refractivity contribution in [3.05, 3.63) is 95.9 Å². The SMILES string of the molecule is c1ccc(-c2cc(-c3nnc(SCc4ccc(-c5csnn5)cc4)n3C[C@H]3CCCO3)c3ccccc3n2)cc1. The van der Waals surface area contributed by atoms with E-state index in [0.717, 1.165) is 81.7 Å². The lowest BCUT2D eigenvalue weighted by molar-refractivity contribution is 0.0953. The fraction of sp³-hybridized carbons (Fsp3) is 0.194. The number of thioether (sulfide) groups is 1. The summed E-state index contributed by atoms with van der Waals surface area (Å²) in [6, 6.07) is 29.2. The number of hydrogen-bond donors (Lipinski definition) is 0. The topological polar surface area (TPSA) is 78.6 Å². The summed E-state index contributed by atoms with van der Waals surface area (Å²) in [5.41, 5.74) is 7.16. The Hall–Kier alpha value is -3.92. The molecule has 1 atom stereocenters. The van der Waals surface area contributed by atoms with Gasteiger partial charge in [-0.3, -0.25) is 4.57 Å². The minimum atomic E-state index is 0.154. The summed E-state index contributed by atoms with van der Waals surface area (Å²) in [5, 5.41) is 17.6. The van der Waals surface area contributed by atoms with Crippen molar-refractivity contribution >= 4 is 34.2 Å². The van der Waals surface area contributed by atoms with Crippen molar-refractivity contribution in [2.75, 3.05) is 6.61 Å². The number of hydrogen-bond acceptors (Lipinski definition) is 8. The molecule has 0 N–H and O–H groups in total. The molecular formula is C31H26N6OS2. The van der Waals surface area contributed by atoms with E-state index in [9.17, 15) is 0 Å². The van der Waals surface area contributed by atoms with Crippen molar-refractivity contribution in [1.29, 1.82) is 0 Å². The highest BCUT2D eigenvalue weighted by atomic mass is 32.2. The van der Waals surface area contributed by atoms with Crippen LogP contribution in [0.4, 0.5) is 0 Å². The average Bonchev–Trinajstić information content (AvgIpc) is 3.80. The third-order valence-electron chi connectivity index (χ3n) is 7.13. The molecule has 6 aromatic rings. The lowest BCUT2D eigenvalue weighted by Gasteiger charge is -2.16. The minimum Gasteiger partial charge on any atom is -0.376 e. The molecule has 0 saturated carbocycles. The number of ether oxygens (including phenoxy) is 1. The molecule has 40 heavy (non-hydrogen) atoms. The van der Waals surface area contributed by atoms with Crippen molar-refractivity contribution in [2.24, 2.45) is 0 Å². The molecule has 3 aromatic carbocycles. The van der Waals surface area contributed by atoms with Crippen LogP contribution >= 0.6 is 23.3 Å². The van der Waals surface area contributed by atoms with Gasteiger partial charge in [-0.2, -0.15) is 0 Å². The molecule has 0 aliphatic carbocycles. The van der Waals surface area contributed by atoms with Gasteiger partial charge in [0.15, 0.2) is 11.0 Å².